The van der Waals surface area contributed by atoms with Crippen LogP contribution in [0, 0.1) is 0 Å². The van der Waals surface area contributed by atoms with Crippen LogP contribution in [-0.2, 0) is 0 Å². The average molecular weight is 746 g/mol. The van der Waals surface area contributed by atoms with E-state index in [4.69, 9.17) is 18.9 Å². The lowest BCUT2D eigenvalue weighted by molar-refractivity contribution is 0.112. The Bertz CT molecular complexity index is 2030. The molecule has 6 nitrogen and oxygen atoms in total. The second-order valence-corrected chi connectivity index (χ2v) is 15.3. The summed E-state index contributed by atoms with van der Waals surface area (Å²) in [5, 5.41) is 2.02. The molecule has 6 aromatic rings. The molecule has 0 radical (unpaired) electrons. The number of nitrogens with zero attached hydrogens (tertiary/aromatic N) is 1. The van der Waals surface area contributed by atoms with Crippen LogP contribution in [0.15, 0.2) is 97.1 Å². The number of hydrogen-bond acceptors (Lipinski definition) is 8. The van der Waals surface area contributed by atoms with E-state index in [-0.39, 0.29) is 0 Å². The Morgan fingerprint density at radius 2 is 1.09 bits per heavy atom. The lowest BCUT2D eigenvalue weighted by atomic mass is 10.1. The van der Waals surface area contributed by atoms with Crippen LogP contribution in [-0.4, -0.2) is 32.7 Å². The first kappa shape index (κ1) is 36.6. The maximum atomic E-state index is 12.0. The summed E-state index contributed by atoms with van der Waals surface area (Å²) in [7, 11) is 0. The normalized spacial score (nSPS) is 12.2. The third-order valence-corrected chi connectivity index (χ3v) is 12.0. The van der Waals surface area contributed by atoms with E-state index in [0.29, 0.717) is 13.2 Å². The van der Waals surface area contributed by atoms with Crippen molar-refractivity contribution in [2.75, 3.05) is 31.3 Å². The summed E-state index contributed by atoms with van der Waals surface area (Å²) in [5.41, 5.74) is 4.14. The van der Waals surface area contributed by atoms with E-state index in [2.05, 4.69) is 97.6 Å². The van der Waals surface area contributed by atoms with E-state index >= 15 is 0 Å². The summed E-state index contributed by atoms with van der Waals surface area (Å²) in [5.74, 6) is 3.28. The molecule has 2 aromatic heterocycles. The van der Waals surface area contributed by atoms with Crippen molar-refractivity contribution < 1.29 is 23.7 Å². The second-order valence-electron chi connectivity index (χ2n) is 13.3. The van der Waals surface area contributed by atoms with Crippen LogP contribution in [0.2, 0.25) is 0 Å². The monoisotopic (exact) mass is 745 g/mol. The minimum atomic E-state index is 0.485. The maximum Gasteiger partial charge on any atom is 0.181 e. The highest BCUT2D eigenvalue weighted by Crippen LogP contribution is 2.56. The van der Waals surface area contributed by atoms with Gasteiger partial charge in [-0.1, -0.05) is 88.8 Å². The Hall–Kier alpha value is -4.79. The molecule has 1 aliphatic heterocycles. The molecule has 0 bridgehead atoms. The first-order chi connectivity index (χ1) is 26.2. The fourth-order valence-corrected chi connectivity index (χ4v) is 9.12. The summed E-state index contributed by atoms with van der Waals surface area (Å²) in [6.45, 7) is 6.88. The lowest BCUT2D eigenvalue weighted by Gasteiger charge is -2.26. The topological polar surface area (TPSA) is 57.2 Å². The van der Waals surface area contributed by atoms with Crippen molar-refractivity contribution in [3.63, 3.8) is 0 Å². The number of carbonyl (C=O) groups excluding carboxylic acids is 1. The molecule has 53 heavy (non-hydrogen) atoms. The van der Waals surface area contributed by atoms with Gasteiger partial charge in [0.25, 0.3) is 0 Å². The van der Waals surface area contributed by atoms with Crippen molar-refractivity contribution >= 4 is 56.8 Å². The van der Waals surface area contributed by atoms with Crippen molar-refractivity contribution in [2.24, 2.45) is 0 Å². The van der Waals surface area contributed by atoms with Crippen molar-refractivity contribution in [2.45, 2.75) is 65.2 Å². The van der Waals surface area contributed by atoms with Crippen LogP contribution in [0.5, 0.6) is 23.0 Å². The number of hydrogen-bond donors (Lipinski definition) is 0. The third-order valence-electron chi connectivity index (χ3n) is 9.47. The standard InChI is InChI=1S/C45H47NO5S2/c1-3-5-7-11-27-48-36-23-19-34(20-24-36)46(35-21-25-37(26-22-35)49-28-12-8-6-4-2)33-17-15-32(16-18-33)43-41-42(51-30-29-50-41)45(53-43)44-39-14-10-9-13-38(39)40(31-47)52-44/h9-10,13-26,31H,3-8,11-12,27-30H2,1-2H3. The molecule has 0 fully saturated rings. The zero-order valence-corrected chi connectivity index (χ0v) is 32.2. The fourth-order valence-electron chi connectivity index (χ4n) is 6.69. The van der Waals surface area contributed by atoms with E-state index in [9.17, 15) is 4.79 Å². The number of anilines is 3. The van der Waals surface area contributed by atoms with Crippen LogP contribution in [0.4, 0.5) is 17.1 Å². The molecule has 0 unspecified atom stereocenters. The lowest BCUT2D eigenvalue weighted by Crippen LogP contribution is -2.14. The van der Waals surface area contributed by atoms with Crippen LogP contribution in [0.25, 0.3) is 31.0 Å². The van der Waals surface area contributed by atoms with Crippen LogP contribution < -0.4 is 23.8 Å². The zero-order chi connectivity index (χ0) is 36.4. The van der Waals surface area contributed by atoms with Gasteiger partial charge >= 0.3 is 0 Å². The number of aldehydes is 1. The molecule has 0 N–H and O–H groups in total. The number of unbranched alkanes of at least 4 members (excludes halogenated alkanes) is 6. The van der Waals surface area contributed by atoms with Gasteiger partial charge in [0, 0.05) is 27.8 Å². The molecule has 0 saturated carbocycles. The number of fused-ring (bicyclic) bond motifs is 2. The maximum absolute atomic E-state index is 12.0. The van der Waals surface area contributed by atoms with Gasteiger partial charge in [-0.3, -0.25) is 4.79 Å². The molecule has 1 aliphatic rings. The summed E-state index contributed by atoms with van der Waals surface area (Å²) in [6.07, 6.45) is 10.4. The Balaban J connectivity index is 1.19. The van der Waals surface area contributed by atoms with E-state index in [1.165, 1.54) is 49.9 Å². The number of carbonyl (C=O) groups is 1. The Morgan fingerprint density at radius 1 is 0.585 bits per heavy atom. The first-order valence-electron chi connectivity index (χ1n) is 18.9. The molecule has 0 aliphatic carbocycles. The van der Waals surface area contributed by atoms with Crippen LogP contribution >= 0.6 is 22.7 Å². The molecule has 8 heteroatoms. The van der Waals surface area contributed by atoms with Gasteiger partial charge in [-0.15, -0.1) is 22.7 Å². The molecule has 3 heterocycles. The molecular weight excluding hydrogens is 699 g/mol. The van der Waals surface area contributed by atoms with Gasteiger partial charge < -0.3 is 23.8 Å². The minimum Gasteiger partial charge on any atom is -0.494 e. The van der Waals surface area contributed by atoms with E-state index < -0.39 is 0 Å². The predicted octanol–water partition coefficient (Wildman–Crippen LogP) is 13.3. The van der Waals surface area contributed by atoms with Crippen molar-refractivity contribution in [1.29, 1.82) is 0 Å². The van der Waals surface area contributed by atoms with Gasteiger partial charge in [0.05, 0.1) is 32.7 Å². The van der Waals surface area contributed by atoms with Gasteiger partial charge in [0.15, 0.2) is 17.8 Å². The van der Waals surface area contributed by atoms with Gasteiger partial charge in [-0.2, -0.15) is 0 Å². The Morgan fingerprint density at radius 3 is 1.62 bits per heavy atom. The van der Waals surface area contributed by atoms with E-state index in [1.54, 1.807) is 11.3 Å². The predicted molar refractivity (Wildman–Crippen MR) is 221 cm³/mol. The van der Waals surface area contributed by atoms with Crippen LogP contribution in [0.1, 0.15) is 74.9 Å². The first-order valence-corrected chi connectivity index (χ1v) is 20.6. The van der Waals surface area contributed by atoms with Gasteiger partial charge in [0.2, 0.25) is 0 Å². The summed E-state index contributed by atoms with van der Waals surface area (Å²) < 4.78 is 24.7. The zero-order valence-electron chi connectivity index (χ0n) is 30.6. The van der Waals surface area contributed by atoms with Crippen molar-refractivity contribution in [3.05, 3.63) is 102 Å². The Kier molecular flexibility index (Phi) is 12.3. The SMILES string of the molecule is CCCCCCOc1ccc(N(c2ccc(OCCCCCC)cc2)c2ccc(-c3sc(-c4sc(C=O)c5ccccc45)c4c3OCCO4)cc2)cc1. The fraction of sp³-hybridized carbons (Fsp3) is 0.311. The highest BCUT2D eigenvalue weighted by atomic mass is 32.1. The Labute approximate surface area is 320 Å². The number of rotatable bonds is 18. The van der Waals surface area contributed by atoms with Crippen LogP contribution in [0.3, 0.4) is 0 Å². The molecule has 274 valence electrons. The van der Waals surface area contributed by atoms with Gasteiger partial charge in [-0.25, -0.2) is 0 Å². The summed E-state index contributed by atoms with van der Waals surface area (Å²) in [6, 6.07) is 33.4. The minimum absolute atomic E-state index is 0.485. The average Bonchev–Trinajstić information content (AvgIpc) is 3.78. The molecule has 4 aromatic carbocycles. The number of thiophene rings is 2. The van der Waals surface area contributed by atoms with Gasteiger partial charge in [0.1, 0.15) is 24.7 Å². The quantitative estimate of drug-likeness (QED) is 0.0645. The largest absolute Gasteiger partial charge is 0.494 e. The summed E-state index contributed by atoms with van der Waals surface area (Å²) in [4.78, 5) is 18.0. The van der Waals surface area contributed by atoms with E-state index in [0.717, 1.165) is 108 Å². The second kappa shape index (κ2) is 17.8. The molecule has 0 atom stereocenters. The number of ether oxygens (including phenoxy) is 4. The van der Waals surface area contributed by atoms with E-state index in [1.807, 2.05) is 18.2 Å². The highest BCUT2D eigenvalue weighted by Gasteiger charge is 2.29. The van der Waals surface area contributed by atoms with Gasteiger partial charge in [-0.05, 0) is 79.1 Å². The highest BCUT2D eigenvalue weighted by molar-refractivity contribution is 7.26. The third kappa shape index (κ3) is 8.40. The van der Waals surface area contributed by atoms with Crippen molar-refractivity contribution in [3.8, 4) is 43.2 Å². The molecule has 7 rings (SSSR count). The molecule has 0 saturated heterocycles. The van der Waals surface area contributed by atoms with Crippen molar-refractivity contribution in [1.82, 2.24) is 0 Å². The smallest absolute Gasteiger partial charge is 0.181 e. The molecular formula is C45H47NO5S2. The molecule has 0 amide bonds. The summed E-state index contributed by atoms with van der Waals surface area (Å²) >= 11 is 3.16. The molecule has 0 spiro atoms. The number of benzene rings is 4.